The van der Waals surface area contributed by atoms with Crippen LogP contribution in [-0.2, 0) is 4.79 Å². The van der Waals surface area contributed by atoms with Crippen molar-refractivity contribution in [2.45, 2.75) is 115 Å². The summed E-state index contributed by atoms with van der Waals surface area (Å²) in [6, 6.07) is 0.347. The van der Waals surface area contributed by atoms with Crippen molar-refractivity contribution >= 4 is 5.78 Å². The molecule has 0 spiro atoms. The van der Waals surface area contributed by atoms with Gasteiger partial charge in [0.2, 0.25) is 0 Å². The zero-order chi connectivity index (χ0) is 17.6. The first-order chi connectivity index (χ1) is 11.6. The summed E-state index contributed by atoms with van der Waals surface area (Å²) in [5.74, 6) is 0.321. The number of nitrogens with one attached hydrogen (secondary N) is 1. The Bertz CT molecular complexity index is 322. The van der Waals surface area contributed by atoms with Crippen molar-refractivity contribution < 1.29 is 15.0 Å². The number of hydrogen-bond donors (Lipinski definition) is 3. The van der Waals surface area contributed by atoms with E-state index in [1.165, 1.54) is 64.2 Å². The Morgan fingerprint density at radius 1 is 0.917 bits per heavy atom. The highest BCUT2D eigenvalue weighted by molar-refractivity contribution is 5.75. The van der Waals surface area contributed by atoms with E-state index in [-0.39, 0.29) is 18.8 Å². The van der Waals surface area contributed by atoms with Gasteiger partial charge >= 0.3 is 0 Å². The van der Waals surface area contributed by atoms with Gasteiger partial charge in [-0.15, -0.1) is 0 Å². The van der Waals surface area contributed by atoms with Crippen LogP contribution in [0.2, 0.25) is 0 Å². The maximum Gasteiger partial charge on any atom is 0.129 e. The summed E-state index contributed by atoms with van der Waals surface area (Å²) < 4.78 is 0. The molecule has 1 saturated heterocycles. The minimum atomic E-state index is -0.381. The fourth-order valence-electron chi connectivity index (χ4n) is 3.65. The zero-order valence-corrected chi connectivity index (χ0v) is 15.6. The lowest BCUT2D eigenvalue weighted by Gasteiger charge is -2.34. The average Bonchev–Trinajstić information content (AvgIpc) is 2.57. The van der Waals surface area contributed by atoms with Crippen LogP contribution in [0, 0.1) is 0 Å². The molecular formula is C20H39NO3. The second-order valence-corrected chi connectivity index (χ2v) is 7.57. The molecule has 1 rings (SSSR count). The molecule has 0 radical (unpaired) electrons. The van der Waals surface area contributed by atoms with Crippen molar-refractivity contribution in [2.75, 3.05) is 6.61 Å². The summed E-state index contributed by atoms with van der Waals surface area (Å²) in [5, 5.41) is 22.3. The molecule has 4 nitrogen and oxygen atoms in total. The number of Topliss-reactive ketones (excluding diaryl/α,β-unsaturated/α-hetero) is 1. The van der Waals surface area contributed by atoms with Gasteiger partial charge in [0, 0.05) is 12.5 Å². The summed E-state index contributed by atoms with van der Waals surface area (Å²) in [7, 11) is 0. The molecule has 1 heterocycles. The molecule has 3 unspecified atom stereocenters. The van der Waals surface area contributed by atoms with Crippen LogP contribution in [0.3, 0.4) is 0 Å². The summed E-state index contributed by atoms with van der Waals surface area (Å²) in [5.41, 5.74) is 0. The number of carbonyl (C=O) groups excluding carboxylic acids is 1. The molecule has 142 valence electrons. The molecule has 3 N–H and O–H groups in total. The van der Waals surface area contributed by atoms with E-state index in [1.54, 1.807) is 6.92 Å². The molecule has 0 saturated carbocycles. The van der Waals surface area contributed by atoms with Crippen molar-refractivity contribution in [3.8, 4) is 0 Å². The largest absolute Gasteiger partial charge is 0.395 e. The van der Waals surface area contributed by atoms with Crippen molar-refractivity contribution in [1.29, 1.82) is 0 Å². The van der Waals surface area contributed by atoms with Crippen LogP contribution in [0.25, 0.3) is 0 Å². The Kier molecular flexibility index (Phi) is 12.4. The minimum absolute atomic E-state index is 0.0341. The van der Waals surface area contributed by atoms with Gasteiger partial charge in [-0.1, -0.05) is 57.8 Å². The Labute approximate surface area is 148 Å². The topological polar surface area (TPSA) is 69.6 Å². The second kappa shape index (κ2) is 13.8. The second-order valence-electron chi connectivity index (χ2n) is 7.57. The predicted octanol–water partition coefficient (Wildman–Crippen LogP) is 3.73. The van der Waals surface area contributed by atoms with Crippen LogP contribution in [0.1, 0.15) is 96.8 Å². The van der Waals surface area contributed by atoms with Crippen molar-refractivity contribution in [1.82, 2.24) is 5.32 Å². The normalized spacial score (nSPS) is 24.2. The zero-order valence-electron chi connectivity index (χ0n) is 15.6. The van der Waals surface area contributed by atoms with E-state index in [0.29, 0.717) is 11.8 Å². The molecule has 0 aromatic carbocycles. The molecule has 0 aliphatic carbocycles. The molecule has 1 aliphatic heterocycles. The van der Waals surface area contributed by atoms with Gasteiger partial charge in [-0.3, -0.25) is 0 Å². The number of aliphatic hydroxyl groups is 2. The number of ketones is 1. The maximum absolute atomic E-state index is 10.8. The van der Waals surface area contributed by atoms with Crippen LogP contribution >= 0.6 is 0 Å². The Morgan fingerprint density at radius 2 is 1.46 bits per heavy atom. The van der Waals surface area contributed by atoms with E-state index in [2.05, 4.69) is 5.32 Å². The highest BCUT2D eigenvalue weighted by atomic mass is 16.3. The monoisotopic (exact) mass is 341 g/mol. The summed E-state index contributed by atoms with van der Waals surface area (Å²) in [4.78, 5) is 10.8. The predicted molar refractivity (Wildman–Crippen MR) is 99.1 cm³/mol. The molecule has 4 heteroatoms. The molecule has 1 fully saturated rings. The maximum atomic E-state index is 10.8. The fraction of sp³-hybridized carbons (Fsp3) is 0.950. The minimum Gasteiger partial charge on any atom is -0.395 e. The summed E-state index contributed by atoms with van der Waals surface area (Å²) >= 11 is 0. The quantitative estimate of drug-likeness (QED) is 0.421. The molecular weight excluding hydrogens is 302 g/mol. The fourth-order valence-corrected chi connectivity index (χ4v) is 3.65. The molecule has 0 amide bonds. The van der Waals surface area contributed by atoms with Crippen LogP contribution < -0.4 is 5.32 Å². The van der Waals surface area contributed by atoms with E-state index in [1.807, 2.05) is 0 Å². The molecule has 0 bridgehead atoms. The van der Waals surface area contributed by atoms with Gasteiger partial charge in [0.1, 0.15) is 5.78 Å². The van der Waals surface area contributed by atoms with Crippen LogP contribution in [0.4, 0.5) is 0 Å². The first kappa shape index (κ1) is 21.6. The van der Waals surface area contributed by atoms with E-state index >= 15 is 0 Å². The first-order valence-corrected chi connectivity index (χ1v) is 10.2. The van der Waals surface area contributed by atoms with E-state index in [9.17, 15) is 15.0 Å². The lowest BCUT2D eigenvalue weighted by atomic mass is 9.93. The standard InChI is InChI=1S/C20H39NO3/c1-17(23)12-10-8-6-4-2-3-5-7-9-11-13-18-14-15-20(24)19(16-22)21-18/h18-22,24H,2-16H2,1H3. The van der Waals surface area contributed by atoms with E-state index < -0.39 is 0 Å². The lowest BCUT2D eigenvalue weighted by molar-refractivity contribution is -0.117. The third-order valence-electron chi connectivity index (χ3n) is 5.25. The summed E-state index contributed by atoms with van der Waals surface area (Å²) in [6.07, 6.45) is 16.1. The van der Waals surface area contributed by atoms with Crippen LogP contribution in [0.15, 0.2) is 0 Å². The Hall–Kier alpha value is -0.450. The molecule has 0 aromatic rings. The SMILES string of the molecule is CC(=O)CCCCCCCCCCCCC1CCC(O)C(CO)N1. The number of rotatable bonds is 14. The first-order valence-electron chi connectivity index (χ1n) is 10.2. The smallest absolute Gasteiger partial charge is 0.129 e. The van der Waals surface area contributed by atoms with Gasteiger partial charge in [0.15, 0.2) is 0 Å². The van der Waals surface area contributed by atoms with Gasteiger partial charge in [-0.05, 0) is 32.6 Å². The van der Waals surface area contributed by atoms with Crippen molar-refractivity contribution in [2.24, 2.45) is 0 Å². The third-order valence-corrected chi connectivity index (χ3v) is 5.25. The highest BCUT2D eigenvalue weighted by Crippen LogP contribution is 2.19. The van der Waals surface area contributed by atoms with Gasteiger partial charge in [-0.25, -0.2) is 0 Å². The third kappa shape index (κ3) is 10.4. The van der Waals surface area contributed by atoms with Crippen molar-refractivity contribution in [3.63, 3.8) is 0 Å². The number of carbonyl (C=O) groups is 1. The van der Waals surface area contributed by atoms with Crippen LogP contribution in [0.5, 0.6) is 0 Å². The van der Waals surface area contributed by atoms with Gasteiger partial charge in [0.25, 0.3) is 0 Å². The number of piperidine rings is 1. The molecule has 1 aliphatic rings. The Balaban J connectivity index is 1.83. The molecule has 24 heavy (non-hydrogen) atoms. The number of hydrogen-bond acceptors (Lipinski definition) is 4. The van der Waals surface area contributed by atoms with Gasteiger partial charge in [0.05, 0.1) is 18.8 Å². The lowest BCUT2D eigenvalue weighted by Crippen LogP contribution is -2.52. The van der Waals surface area contributed by atoms with Gasteiger partial charge < -0.3 is 20.3 Å². The highest BCUT2D eigenvalue weighted by Gasteiger charge is 2.27. The van der Waals surface area contributed by atoms with Crippen molar-refractivity contribution in [3.05, 3.63) is 0 Å². The average molecular weight is 342 g/mol. The Morgan fingerprint density at radius 3 is 2.00 bits per heavy atom. The number of aliphatic hydroxyl groups excluding tert-OH is 2. The summed E-state index contributed by atoms with van der Waals surface area (Å²) in [6.45, 7) is 1.71. The molecule has 3 atom stereocenters. The van der Waals surface area contributed by atoms with Crippen LogP contribution in [-0.4, -0.2) is 40.8 Å². The number of unbranched alkanes of at least 4 members (excludes halogenated alkanes) is 9. The molecule has 0 aromatic heterocycles. The van der Waals surface area contributed by atoms with E-state index in [0.717, 1.165) is 25.7 Å². The van der Waals surface area contributed by atoms with Gasteiger partial charge in [-0.2, -0.15) is 0 Å². The van der Waals surface area contributed by atoms with E-state index in [4.69, 9.17) is 0 Å².